The standard InChI is InChI=1S/C48H31NO2/c1-4-15-32(16-5-1)35-27-29-40(39(31-35)34-19-8-3-9-20-34)49(41-23-14-26-45-46(41)37-21-10-12-24-43(37)50-45)42-30-28-36(33-17-6-2-7-18-33)48-47(42)38-22-11-13-25-44(38)51-48/h1-31H. The first-order valence-corrected chi connectivity index (χ1v) is 17.3. The Balaban J connectivity index is 1.35. The van der Waals surface area contributed by atoms with E-state index in [2.05, 4.69) is 175 Å². The van der Waals surface area contributed by atoms with Gasteiger partial charge in [-0.05, 0) is 70.8 Å². The van der Waals surface area contributed by atoms with Crippen LogP contribution in [0.5, 0.6) is 0 Å². The predicted molar refractivity (Wildman–Crippen MR) is 212 cm³/mol. The molecule has 0 unspecified atom stereocenters. The third kappa shape index (κ3) is 4.82. The quantitative estimate of drug-likeness (QED) is 0.179. The summed E-state index contributed by atoms with van der Waals surface area (Å²) in [6.07, 6.45) is 0. The van der Waals surface area contributed by atoms with E-state index in [9.17, 15) is 0 Å². The molecule has 0 amide bonds. The largest absolute Gasteiger partial charge is 0.456 e. The fourth-order valence-electron chi connectivity index (χ4n) is 7.56. The fraction of sp³-hybridized carbons (Fsp3) is 0. The maximum atomic E-state index is 6.79. The second-order valence-corrected chi connectivity index (χ2v) is 12.8. The van der Waals surface area contributed by atoms with Crippen LogP contribution < -0.4 is 4.90 Å². The molecule has 0 spiro atoms. The van der Waals surface area contributed by atoms with Gasteiger partial charge in [0.2, 0.25) is 0 Å². The van der Waals surface area contributed by atoms with Gasteiger partial charge in [0.1, 0.15) is 22.3 Å². The number of benzene rings is 8. The smallest absolute Gasteiger partial charge is 0.145 e. The van der Waals surface area contributed by atoms with E-state index < -0.39 is 0 Å². The topological polar surface area (TPSA) is 29.5 Å². The molecule has 3 heteroatoms. The Morgan fingerprint density at radius 3 is 1.55 bits per heavy atom. The van der Waals surface area contributed by atoms with E-state index in [0.29, 0.717) is 0 Å². The molecule has 0 fully saturated rings. The second kappa shape index (κ2) is 11.9. The summed E-state index contributed by atoms with van der Waals surface area (Å²) in [5, 5.41) is 4.26. The molecule has 51 heavy (non-hydrogen) atoms. The third-order valence-electron chi connectivity index (χ3n) is 9.88. The van der Waals surface area contributed by atoms with E-state index in [1.165, 1.54) is 5.56 Å². The molecule has 0 aliphatic rings. The second-order valence-electron chi connectivity index (χ2n) is 12.8. The zero-order chi connectivity index (χ0) is 33.7. The summed E-state index contributed by atoms with van der Waals surface area (Å²) in [6.45, 7) is 0. The van der Waals surface area contributed by atoms with Crippen LogP contribution in [0.15, 0.2) is 197 Å². The molecule has 2 heterocycles. The van der Waals surface area contributed by atoms with Gasteiger partial charge in [0.25, 0.3) is 0 Å². The SMILES string of the molecule is c1ccc(-c2ccc(N(c3cccc4oc5ccccc5c34)c3ccc(-c4ccccc4)c4oc5ccccc5c34)c(-c3ccccc3)c2)cc1. The van der Waals surface area contributed by atoms with Crippen LogP contribution in [0.2, 0.25) is 0 Å². The van der Waals surface area contributed by atoms with E-state index >= 15 is 0 Å². The first-order chi connectivity index (χ1) is 25.3. The van der Waals surface area contributed by atoms with Gasteiger partial charge in [-0.25, -0.2) is 0 Å². The van der Waals surface area contributed by atoms with Crippen molar-refractivity contribution < 1.29 is 8.83 Å². The van der Waals surface area contributed by atoms with E-state index in [1.807, 2.05) is 18.2 Å². The normalized spacial score (nSPS) is 11.5. The van der Waals surface area contributed by atoms with Crippen molar-refractivity contribution >= 4 is 60.9 Å². The van der Waals surface area contributed by atoms with Crippen LogP contribution in [-0.2, 0) is 0 Å². The van der Waals surface area contributed by atoms with Gasteiger partial charge in [0, 0.05) is 21.9 Å². The van der Waals surface area contributed by atoms with Crippen LogP contribution in [0.1, 0.15) is 0 Å². The van der Waals surface area contributed by atoms with Crippen LogP contribution >= 0.6 is 0 Å². The molecule has 0 saturated carbocycles. The van der Waals surface area contributed by atoms with Gasteiger partial charge in [-0.1, -0.05) is 140 Å². The van der Waals surface area contributed by atoms with Crippen LogP contribution in [0, 0.1) is 0 Å². The molecule has 10 aromatic rings. The van der Waals surface area contributed by atoms with Crippen LogP contribution in [0.4, 0.5) is 17.1 Å². The van der Waals surface area contributed by atoms with Crippen molar-refractivity contribution in [2.24, 2.45) is 0 Å². The fourth-order valence-corrected chi connectivity index (χ4v) is 7.56. The summed E-state index contributed by atoms with van der Waals surface area (Å²) in [7, 11) is 0. The van der Waals surface area contributed by atoms with Gasteiger partial charge < -0.3 is 13.7 Å². The van der Waals surface area contributed by atoms with Gasteiger partial charge in [0.05, 0.1) is 27.8 Å². The van der Waals surface area contributed by atoms with Crippen LogP contribution in [-0.4, -0.2) is 0 Å². The Kier molecular flexibility index (Phi) is 6.81. The lowest BCUT2D eigenvalue weighted by Gasteiger charge is -2.30. The molecular weight excluding hydrogens is 623 g/mol. The summed E-state index contributed by atoms with van der Waals surface area (Å²) < 4.78 is 13.3. The van der Waals surface area contributed by atoms with Crippen molar-refractivity contribution in [1.29, 1.82) is 0 Å². The predicted octanol–water partition coefficient (Wildman–Crippen LogP) is 14.0. The van der Waals surface area contributed by atoms with E-state index in [1.54, 1.807) is 0 Å². The zero-order valence-electron chi connectivity index (χ0n) is 27.7. The number of rotatable bonds is 6. The minimum absolute atomic E-state index is 0.843. The van der Waals surface area contributed by atoms with E-state index in [4.69, 9.17) is 8.83 Å². The van der Waals surface area contributed by atoms with Crippen molar-refractivity contribution in [2.75, 3.05) is 4.90 Å². The Morgan fingerprint density at radius 1 is 0.314 bits per heavy atom. The molecule has 0 aliphatic carbocycles. The summed E-state index contributed by atoms with van der Waals surface area (Å²) in [4.78, 5) is 2.42. The minimum atomic E-state index is 0.843. The summed E-state index contributed by atoms with van der Waals surface area (Å²) in [5.74, 6) is 0. The average molecular weight is 654 g/mol. The number of hydrogen-bond donors (Lipinski definition) is 0. The van der Waals surface area contributed by atoms with Crippen LogP contribution in [0.3, 0.4) is 0 Å². The highest BCUT2D eigenvalue weighted by Crippen LogP contribution is 2.51. The molecule has 10 rings (SSSR count). The van der Waals surface area contributed by atoms with Gasteiger partial charge in [-0.2, -0.15) is 0 Å². The summed E-state index contributed by atoms with van der Waals surface area (Å²) in [6, 6.07) is 66.1. The van der Waals surface area contributed by atoms with Crippen LogP contribution in [0.25, 0.3) is 77.3 Å². The molecule has 240 valence electrons. The van der Waals surface area contributed by atoms with Gasteiger partial charge in [-0.15, -0.1) is 0 Å². The summed E-state index contributed by atoms with van der Waals surface area (Å²) in [5.41, 5.74) is 13.3. The number of fused-ring (bicyclic) bond motifs is 6. The molecule has 3 nitrogen and oxygen atoms in total. The Morgan fingerprint density at radius 2 is 0.843 bits per heavy atom. The molecule has 0 aliphatic heterocycles. The summed E-state index contributed by atoms with van der Waals surface area (Å²) >= 11 is 0. The molecule has 0 bridgehead atoms. The maximum absolute atomic E-state index is 6.79. The molecule has 0 atom stereocenters. The number of anilines is 3. The highest BCUT2D eigenvalue weighted by atomic mass is 16.3. The molecule has 2 aromatic heterocycles. The van der Waals surface area contributed by atoms with E-state index in [0.717, 1.165) is 88.8 Å². The average Bonchev–Trinajstić information content (AvgIpc) is 3.79. The first kappa shape index (κ1) is 29.1. The monoisotopic (exact) mass is 653 g/mol. The molecule has 0 radical (unpaired) electrons. The number of hydrogen-bond acceptors (Lipinski definition) is 3. The van der Waals surface area contributed by atoms with Crippen molar-refractivity contribution in [3.63, 3.8) is 0 Å². The van der Waals surface area contributed by atoms with Gasteiger partial charge in [-0.3, -0.25) is 0 Å². The highest BCUT2D eigenvalue weighted by molar-refractivity contribution is 6.20. The molecule has 0 N–H and O–H groups in total. The lowest BCUT2D eigenvalue weighted by Crippen LogP contribution is -2.12. The highest BCUT2D eigenvalue weighted by Gasteiger charge is 2.26. The van der Waals surface area contributed by atoms with Crippen molar-refractivity contribution in [2.45, 2.75) is 0 Å². The number of para-hydroxylation sites is 2. The van der Waals surface area contributed by atoms with Crippen molar-refractivity contribution in [3.05, 3.63) is 188 Å². The third-order valence-corrected chi connectivity index (χ3v) is 9.88. The lowest BCUT2D eigenvalue weighted by molar-refractivity contribution is 0.669. The first-order valence-electron chi connectivity index (χ1n) is 17.3. The minimum Gasteiger partial charge on any atom is -0.456 e. The molecule has 0 saturated heterocycles. The number of nitrogens with zero attached hydrogens (tertiary/aromatic N) is 1. The Labute approximate surface area is 295 Å². The zero-order valence-corrected chi connectivity index (χ0v) is 27.7. The van der Waals surface area contributed by atoms with Gasteiger partial charge >= 0.3 is 0 Å². The van der Waals surface area contributed by atoms with Gasteiger partial charge in [0.15, 0.2) is 0 Å². The van der Waals surface area contributed by atoms with Crippen molar-refractivity contribution in [3.8, 4) is 33.4 Å². The van der Waals surface area contributed by atoms with E-state index in [-0.39, 0.29) is 0 Å². The Hall–Kier alpha value is -6.84. The van der Waals surface area contributed by atoms with Crippen molar-refractivity contribution in [1.82, 2.24) is 0 Å². The number of furan rings is 2. The molecular formula is C48H31NO2. The maximum Gasteiger partial charge on any atom is 0.145 e. The lowest BCUT2D eigenvalue weighted by atomic mass is 9.95. The molecule has 8 aromatic carbocycles. The Bertz CT molecular complexity index is 2850.